The smallest absolute Gasteiger partial charge is 0.128 e. The molecule has 2 N–H and O–H groups in total. The highest BCUT2D eigenvalue weighted by Gasteiger charge is 2.06. The average molecular weight is 249 g/mol. The summed E-state index contributed by atoms with van der Waals surface area (Å²) in [7, 11) is 1.65. The third-order valence-corrected chi connectivity index (χ3v) is 3.11. The van der Waals surface area contributed by atoms with Crippen molar-refractivity contribution >= 4 is 17.6 Å². The molecule has 0 atom stereocenters. The summed E-state index contributed by atoms with van der Waals surface area (Å²) >= 11 is 1.68. The number of thioether (sulfide) groups is 1. The van der Waals surface area contributed by atoms with Gasteiger partial charge in [-0.1, -0.05) is 6.92 Å². The van der Waals surface area contributed by atoms with Crippen LogP contribution in [-0.4, -0.2) is 22.6 Å². The first-order chi connectivity index (χ1) is 8.24. The molecule has 90 valence electrons. The molecule has 0 aliphatic carbocycles. The van der Waals surface area contributed by atoms with Gasteiger partial charge in [-0.25, -0.2) is 4.68 Å². The van der Waals surface area contributed by atoms with Crippen LogP contribution in [0, 0.1) is 0 Å². The maximum absolute atomic E-state index is 5.93. The van der Waals surface area contributed by atoms with E-state index in [9.17, 15) is 0 Å². The second-order valence-electron chi connectivity index (χ2n) is 3.45. The normalized spacial score (nSPS) is 10.5. The van der Waals surface area contributed by atoms with Gasteiger partial charge in [-0.05, 0) is 30.0 Å². The number of aromatic nitrogens is 2. The number of ether oxygens (including phenoxy) is 1. The molecular weight excluding hydrogens is 234 g/mol. The fourth-order valence-corrected chi connectivity index (χ4v) is 2.16. The highest BCUT2D eigenvalue weighted by atomic mass is 32.2. The van der Waals surface area contributed by atoms with E-state index >= 15 is 0 Å². The van der Waals surface area contributed by atoms with Gasteiger partial charge in [-0.2, -0.15) is 5.10 Å². The van der Waals surface area contributed by atoms with Gasteiger partial charge in [0, 0.05) is 6.07 Å². The zero-order chi connectivity index (χ0) is 12.3. The van der Waals surface area contributed by atoms with E-state index in [1.54, 1.807) is 23.6 Å². The Hall–Kier alpha value is -1.62. The molecule has 0 aliphatic heterocycles. The molecule has 5 heteroatoms. The fourth-order valence-electron chi connectivity index (χ4n) is 1.52. The van der Waals surface area contributed by atoms with Crippen molar-refractivity contribution in [1.29, 1.82) is 0 Å². The molecular formula is C12H15N3OS. The standard InChI is InChI=1S/C12H15N3OS/c1-3-17-12-8-11(13)15(14-12)9-4-6-10(16-2)7-5-9/h4-8H,3,13H2,1-2H3. The number of nitrogens with zero attached hydrogens (tertiary/aromatic N) is 2. The van der Waals surface area contributed by atoms with Crippen LogP contribution in [0.15, 0.2) is 35.4 Å². The highest BCUT2D eigenvalue weighted by Crippen LogP contribution is 2.22. The minimum atomic E-state index is 0.645. The van der Waals surface area contributed by atoms with E-state index in [4.69, 9.17) is 10.5 Å². The molecule has 0 aliphatic rings. The third kappa shape index (κ3) is 2.55. The summed E-state index contributed by atoms with van der Waals surface area (Å²) < 4.78 is 6.85. The van der Waals surface area contributed by atoms with E-state index in [0.717, 1.165) is 22.2 Å². The maximum atomic E-state index is 5.93. The summed E-state index contributed by atoms with van der Waals surface area (Å²) in [5.74, 6) is 2.45. The van der Waals surface area contributed by atoms with Gasteiger partial charge in [-0.15, -0.1) is 11.8 Å². The molecule has 17 heavy (non-hydrogen) atoms. The molecule has 0 radical (unpaired) electrons. The van der Waals surface area contributed by atoms with Gasteiger partial charge in [0.2, 0.25) is 0 Å². The monoisotopic (exact) mass is 249 g/mol. The number of anilines is 1. The summed E-state index contributed by atoms with van der Waals surface area (Å²) in [6.45, 7) is 2.09. The number of nitrogens with two attached hydrogens (primary N) is 1. The van der Waals surface area contributed by atoms with Crippen LogP contribution >= 0.6 is 11.8 Å². The number of methoxy groups -OCH3 is 1. The Labute approximate surface area is 105 Å². The van der Waals surface area contributed by atoms with Crippen molar-refractivity contribution in [3.8, 4) is 11.4 Å². The summed E-state index contributed by atoms with van der Waals surface area (Å²) in [6, 6.07) is 9.54. The molecule has 1 aromatic heterocycles. The van der Waals surface area contributed by atoms with Crippen LogP contribution in [0.5, 0.6) is 5.75 Å². The van der Waals surface area contributed by atoms with Gasteiger partial charge in [0.05, 0.1) is 12.8 Å². The van der Waals surface area contributed by atoms with Crippen LogP contribution in [0.1, 0.15) is 6.92 Å². The predicted molar refractivity (Wildman–Crippen MR) is 70.9 cm³/mol. The van der Waals surface area contributed by atoms with Gasteiger partial charge in [0.15, 0.2) is 0 Å². The van der Waals surface area contributed by atoms with E-state index in [0.29, 0.717) is 5.82 Å². The van der Waals surface area contributed by atoms with Crippen molar-refractivity contribution in [3.05, 3.63) is 30.3 Å². The Morgan fingerprint density at radius 3 is 2.65 bits per heavy atom. The van der Waals surface area contributed by atoms with Crippen molar-refractivity contribution < 1.29 is 4.74 Å². The van der Waals surface area contributed by atoms with E-state index in [1.807, 2.05) is 30.3 Å². The first kappa shape index (κ1) is 11.9. The molecule has 0 fully saturated rings. The fraction of sp³-hybridized carbons (Fsp3) is 0.250. The van der Waals surface area contributed by atoms with Crippen LogP contribution < -0.4 is 10.5 Å². The highest BCUT2D eigenvalue weighted by molar-refractivity contribution is 7.99. The Morgan fingerprint density at radius 2 is 2.06 bits per heavy atom. The second-order valence-corrected chi connectivity index (χ2v) is 4.73. The van der Waals surface area contributed by atoms with Gasteiger partial charge < -0.3 is 10.5 Å². The lowest BCUT2D eigenvalue weighted by Crippen LogP contribution is -2.01. The van der Waals surface area contributed by atoms with Gasteiger partial charge in [-0.3, -0.25) is 0 Å². The van der Waals surface area contributed by atoms with Crippen LogP contribution in [-0.2, 0) is 0 Å². The van der Waals surface area contributed by atoms with Crippen molar-refractivity contribution in [3.63, 3.8) is 0 Å². The maximum Gasteiger partial charge on any atom is 0.128 e. The average Bonchev–Trinajstić information content (AvgIpc) is 2.71. The van der Waals surface area contributed by atoms with Crippen LogP contribution in [0.25, 0.3) is 5.69 Å². The number of hydrogen-bond donors (Lipinski definition) is 1. The SMILES string of the molecule is CCSc1cc(N)n(-c2ccc(OC)cc2)n1. The molecule has 0 saturated heterocycles. The largest absolute Gasteiger partial charge is 0.497 e. The topological polar surface area (TPSA) is 53.1 Å². The molecule has 0 unspecified atom stereocenters. The zero-order valence-electron chi connectivity index (χ0n) is 9.88. The van der Waals surface area contributed by atoms with Crippen molar-refractivity contribution in [2.75, 3.05) is 18.6 Å². The molecule has 0 bridgehead atoms. The lowest BCUT2D eigenvalue weighted by atomic mass is 10.3. The molecule has 0 amide bonds. The van der Waals surface area contributed by atoms with Crippen LogP contribution in [0.2, 0.25) is 0 Å². The third-order valence-electron chi connectivity index (χ3n) is 2.32. The number of nitrogen functional groups attached to an aromatic ring is 1. The summed E-state index contributed by atoms with van der Waals surface area (Å²) in [4.78, 5) is 0. The number of rotatable bonds is 4. The zero-order valence-corrected chi connectivity index (χ0v) is 10.7. The van der Waals surface area contributed by atoms with Crippen molar-refractivity contribution in [2.45, 2.75) is 11.9 Å². The summed E-state index contributed by atoms with van der Waals surface area (Å²) in [6.07, 6.45) is 0. The molecule has 0 spiro atoms. The van der Waals surface area contributed by atoms with E-state index in [-0.39, 0.29) is 0 Å². The first-order valence-corrected chi connectivity index (χ1v) is 6.36. The Morgan fingerprint density at radius 1 is 1.35 bits per heavy atom. The van der Waals surface area contributed by atoms with Crippen LogP contribution in [0.3, 0.4) is 0 Å². The molecule has 1 aromatic carbocycles. The molecule has 1 heterocycles. The second kappa shape index (κ2) is 5.14. The Balaban J connectivity index is 2.31. The minimum Gasteiger partial charge on any atom is -0.497 e. The minimum absolute atomic E-state index is 0.645. The van der Waals surface area contributed by atoms with Crippen molar-refractivity contribution in [1.82, 2.24) is 9.78 Å². The molecule has 2 rings (SSSR count). The lowest BCUT2D eigenvalue weighted by Gasteiger charge is -2.05. The van der Waals surface area contributed by atoms with Gasteiger partial charge in [0.25, 0.3) is 0 Å². The summed E-state index contributed by atoms with van der Waals surface area (Å²) in [5.41, 5.74) is 6.87. The van der Waals surface area contributed by atoms with E-state index < -0.39 is 0 Å². The number of hydrogen-bond acceptors (Lipinski definition) is 4. The van der Waals surface area contributed by atoms with E-state index in [1.165, 1.54) is 0 Å². The van der Waals surface area contributed by atoms with E-state index in [2.05, 4.69) is 12.0 Å². The first-order valence-electron chi connectivity index (χ1n) is 5.37. The molecule has 4 nitrogen and oxygen atoms in total. The lowest BCUT2D eigenvalue weighted by molar-refractivity contribution is 0.414. The summed E-state index contributed by atoms with van der Waals surface area (Å²) in [5, 5.41) is 5.38. The quantitative estimate of drug-likeness (QED) is 0.846. The molecule has 0 saturated carbocycles. The Bertz CT molecular complexity index is 493. The van der Waals surface area contributed by atoms with Gasteiger partial charge in [0.1, 0.15) is 16.6 Å². The van der Waals surface area contributed by atoms with Crippen LogP contribution in [0.4, 0.5) is 5.82 Å². The number of benzene rings is 1. The predicted octanol–water partition coefficient (Wildman–Crippen LogP) is 2.58. The molecule has 2 aromatic rings. The van der Waals surface area contributed by atoms with Gasteiger partial charge >= 0.3 is 0 Å². The Kier molecular flexibility index (Phi) is 3.58. The van der Waals surface area contributed by atoms with Crippen molar-refractivity contribution in [2.24, 2.45) is 0 Å².